The minimum atomic E-state index is -0.790. The van der Waals surface area contributed by atoms with Crippen LogP contribution in [0.1, 0.15) is 32.6 Å². The molecule has 1 N–H and O–H groups in total. The molecule has 2 saturated heterocycles. The number of rotatable bonds is 7. The van der Waals surface area contributed by atoms with Crippen molar-refractivity contribution in [3.8, 4) is 11.8 Å². The fraction of sp³-hybridized carbons (Fsp3) is 0.545. The molecule has 2 aromatic heterocycles. The molecule has 4 heterocycles. The molecule has 0 bridgehead atoms. The van der Waals surface area contributed by atoms with Crippen molar-refractivity contribution in [3.63, 3.8) is 0 Å². The lowest BCUT2D eigenvalue weighted by atomic mass is 9.96. The number of nitrogens with zero attached hydrogens (tertiary/aromatic N) is 5. The lowest BCUT2D eigenvalue weighted by Gasteiger charge is -2.38. The maximum atomic E-state index is 11.1. The number of carboxylic acid groups (broad SMARTS) is 1. The van der Waals surface area contributed by atoms with Crippen LogP contribution in [0.25, 0.3) is 0 Å². The highest BCUT2D eigenvalue weighted by molar-refractivity contribution is 6.33. The summed E-state index contributed by atoms with van der Waals surface area (Å²) < 4.78 is 11.4. The first-order valence-electron chi connectivity index (χ1n) is 10.9. The van der Waals surface area contributed by atoms with E-state index >= 15 is 0 Å². The monoisotopic (exact) mass is 461 g/mol. The van der Waals surface area contributed by atoms with Crippen molar-refractivity contribution in [2.24, 2.45) is 5.92 Å². The Balaban J connectivity index is 1.37. The van der Waals surface area contributed by atoms with Gasteiger partial charge in [0.15, 0.2) is 0 Å². The molecule has 0 unspecified atom stereocenters. The highest BCUT2D eigenvalue weighted by Gasteiger charge is 2.30. The summed E-state index contributed by atoms with van der Waals surface area (Å²) in [6.07, 6.45) is 7.69. The fourth-order valence-electron chi connectivity index (χ4n) is 4.51. The first-order chi connectivity index (χ1) is 15.4. The van der Waals surface area contributed by atoms with Crippen molar-refractivity contribution < 1.29 is 19.4 Å². The van der Waals surface area contributed by atoms with Crippen LogP contribution in [-0.2, 0) is 4.79 Å². The van der Waals surface area contributed by atoms with E-state index in [2.05, 4.69) is 26.8 Å². The average molecular weight is 462 g/mol. The minimum absolute atomic E-state index is 0.0143. The number of anilines is 2. The smallest absolute Gasteiger partial charge is 0.305 e. The summed E-state index contributed by atoms with van der Waals surface area (Å²) in [5.41, 5.74) is 0.912. The van der Waals surface area contributed by atoms with E-state index in [9.17, 15) is 4.79 Å². The summed E-state index contributed by atoms with van der Waals surface area (Å²) in [7, 11) is 1.59. The number of ether oxygens (including phenoxy) is 2. The molecule has 2 aliphatic heterocycles. The van der Waals surface area contributed by atoms with E-state index in [1.165, 1.54) is 0 Å². The summed E-state index contributed by atoms with van der Waals surface area (Å²) in [6, 6.07) is 1.83. The van der Waals surface area contributed by atoms with Gasteiger partial charge in [-0.1, -0.05) is 18.5 Å². The largest absolute Gasteiger partial charge is 0.481 e. The van der Waals surface area contributed by atoms with E-state index < -0.39 is 5.97 Å². The summed E-state index contributed by atoms with van der Waals surface area (Å²) in [4.78, 5) is 28.4. The van der Waals surface area contributed by atoms with Gasteiger partial charge in [0.05, 0.1) is 42.8 Å². The van der Waals surface area contributed by atoms with Crippen LogP contribution in [0.4, 0.5) is 11.5 Å². The Morgan fingerprint density at radius 1 is 1.19 bits per heavy atom. The first kappa shape index (κ1) is 22.4. The van der Waals surface area contributed by atoms with Gasteiger partial charge in [-0.2, -0.15) is 0 Å². The Morgan fingerprint density at radius 2 is 2.00 bits per heavy atom. The second-order valence-corrected chi connectivity index (χ2v) is 8.75. The Bertz CT molecular complexity index is 944. The maximum absolute atomic E-state index is 11.1. The highest BCUT2D eigenvalue weighted by atomic mass is 35.5. The normalized spacial score (nSPS) is 23.3. The van der Waals surface area contributed by atoms with E-state index in [4.69, 9.17) is 26.2 Å². The zero-order chi connectivity index (χ0) is 22.7. The van der Waals surface area contributed by atoms with Gasteiger partial charge < -0.3 is 24.4 Å². The van der Waals surface area contributed by atoms with Gasteiger partial charge in [-0.05, 0) is 12.8 Å². The molecular weight excluding hydrogens is 434 g/mol. The summed E-state index contributed by atoms with van der Waals surface area (Å²) in [6.45, 7) is 4.52. The van der Waals surface area contributed by atoms with Gasteiger partial charge in [0.2, 0.25) is 11.8 Å². The van der Waals surface area contributed by atoms with Gasteiger partial charge in [-0.15, -0.1) is 0 Å². The van der Waals surface area contributed by atoms with Crippen molar-refractivity contribution in [2.75, 3.05) is 36.5 Å². The van der Waals surface area contributed by atoms with Gasteiger partial charge in [-0.3, -0.25) is 4.79 Å². The van der Waals surface area contributed by atoms with E-state index in [0.29, 0.717) is 22.6 Å². The molecule has 0 amide bonds. The summed E-state index contributed by atoms with van der Waals surface area (Å²) >= 11 is 6.36. The Morgan fingerprint density at radius 3 is 2.69 bits per heavy atom. The van der Waals surface area contributed by atoms with Crippen LogP contribution in [0.5, 0.6) is 11.8 Å². The first-order valence-corrected chi connectivity index (χ1v) is 11.2. The predicted octanol–water partition coefficient (Wildman–Crippen LogP) is 3.27. The number of aromatic nitrogens is 3. The molecule has 0 radical (unpaired) electrons. The van der Waals surface area contributed by atoms with E-state index in [0.717, 1.165) is 44.6 Å². The van der Waals surface area contributed by atoms with Crippen LogP contribution in [0.15, 0.2) is 24.7 Å². The SMILES string of the molecule is COc1cc(N2CC[C@@H](Oc3cnc(N4CCC[C@@H]4CC(=O)O)cn3)[C@H](C)C2)c(Cl)cn1. The average Bonchev–Trinajstić information content (AvgIpc) is 3.23. The molecule has 2 aliphatic rings. The number of carbonyl (C=O) groups is 1. The van der Waals surface area contributed by atoms with Gasteiger partial charge in [0, 0.05) is 44.1 Å². The van der Waals surface area contributed by atoms with Gasteiger partial charge in [0.25, 0.3) is 0 Å². The third-order valence-corrected chi connectivity index (χ3v) is 6.45. The van der Waals surface area contributed by atoms with Gasteiger partial charge in [-0.25, -0.2) is 15.0 Å². The zero-order valence-electron chi connectivity index (χ0n) is 18.3. The van der Waals surface area contributed by atoms with Crippen molar-refractivity contribution in [3.05, 3.63) is 29.7 Å². The van der Waals surface area contributed by atoms with Crippen LogP contribution in [0.2, 0.25) is 5.02 Å². The Labute approximate surface area is 192 Å². The molecule has 0 aliphatic carbocycles. The molecule has 2 fully saturated rings. The molecule has 9 nitrogen and oxygen atoms in total. The van der Waals surface area contributed by atoms with Crippen molar-refractivity contribution in [2.45, 2.75) is 44.8 Å². The van der Waals surface area contributed by atoms with E-state index in [1.54, 1.807) is 25.7 Å². The van der Waals surface area contributed by atoms with Crippen LogP contribution < -0.4 is 19.3 Å². The standard InChI is InChI=1S/C22H28ClN5O4/c1-14-13-27(17-9-20(31-2)25-10-16(17)23)7-5-18(14)32-21-12-24-19(11-26-21)28-6-3-4-15(28)8-22(29)30/h9-12,14-15,18H,3-8,13H2,1-2H3,(H,29,30)/t14-,15-,18-/m1/s1. The Kier molecular flexibility index (Phi) is 6.83. The van der Waals surface area contributed by atoms with Gasteiger partial charge >= 0.3 is 5.97 Å². The molecule has 0 spiro atoms. The lowest BCUT2D eigenvalue weighted by Crippen LogP contribution is -2.44. The number of hydrogen-bond acceptors (Lipinski definition) is 8. The lowest BCUT2D eigenvalue weighted by molar-refractivity contribution is -0.137. The molecule has 10 heteroatoms. The molecule has 0 saturated carbocycles. The number of piperidine rings is 1. The quantitative estimate of drug-likeness (QED) is 0.665. The van der Waals surface area contributed by atoms with Crippen LogP contribution >= 0.6 is 11.6 Å². The number of halogens is 1. The topological polar surface area (TPSA) is 101 Å². The van der Waals surface area contributed by atoms with Crippen LogP contribution in [0.3, 0.4) is 0 Å². The molecule has 32 heavy (non-hydrogen) atoms. The van der Waals surface area contributed by atoms with Crippen molar-refractivity contribution in [1.29, 1.82) is 0 Å². The molecular formula is C22H28ClN5O4. The highest BCUT2D eigenvalue weighted by Crippen LogP contribution is 2.33. The fourth-order valence-corrected chi connectivity index (χ4v) is 4.73. The second-order valence-electron chi connectivity index (χ2n) is 8.35. The molecule has 172 valence electrons. The number of methoxy groups -OCH3 is 1. The molecule has 2 aromatic rings. The van der Waals surface area contributed by atoms with Crippen molar-refractivity contribution in [1.82, 2.24) is 15.0 Å². The van der Waals surface area contributed by atoms with E-state index in [-0.39, 0.29) is 24.5 Å². The number of aliphatic carboxylic acids is 1. The molecule has 0 aromatic carbocycles. The number of pyridine rings is 1. The third-order valence-electron chi connectivity index (χ3n) is 6.15. The maximum Gasteiger partial charge on any atom is 0.305 e. The molecule has 3 atom stereocenters. The van der Waals surface area contributed by atoms with Crippen LogP contribution in [-0.4, -0.2) is 64.9 Å². The molecule has 4 rings (SSSR count). The predicted molar refractivity (Wildman–Crippen MR) is 121 cm³/mol. The zero-order valence-corrected chi connectivity index (χ0v) is 19.0. The summed E-state index contributed by atoms with van der Waals surface area (Å²) in [5.74, 6) is 1.18. The number of carboxylic acids is 1. The van der Waals surface area contributed by atoms with Gasteiger partial charge in [0.1, 0.15) is 11.9 Å². The third kappa shape index (κ3) is 4.98. The van der Waals surface area contributed by atoms with Crippen LogP contribution in [0, 0.1) is 5.92 Å². The Hall–Kier alpha value is -2.81. The van der Waals surface area contributed by atoms with E-state index in [1.807, 2.05) is 11.0 Å². The van der Waals surface area contributed by atoms with Crippen molar-refractivity contribution >= 4 is 29.1 Å². The second kappa shape index (κ2) is 9.77. The number of hydrogen-bond donors (Lipinski definition) is 1. The summed E-state index contributed by atoms with van der Waals surface area (Å²) in [5, 5.41) is 9.72. The minimum Gasteiger partial charge on any atom is -0.481 e.